The number of aliphatic hydroxyl groups excluding tert-OH is 1. The molecule has 1 fully saturated rings. The number of carbonyl (C=O) groups excluding carboxylic acids is 1. The number of anilines is 1. The molecule has 1 aliphatic rings. The molecule has 4 aromatic rings. The molecule has 1 aromatic carbocycles. The summed E-state index contributed by atoms with van der Waals surface area (Å²) in [7, 11) is 0.444. The lowest BCUT2D eigenvalue weighted by Gasteiger charge is -2.40. The molecule has 3 heterocycles. The van der Waals surface area contributed by atoms with Gasteiger partial charge < -0.3 is 24.2 Å². The minimum atomic E-state index is -1.31. The number of benzene rings is 1. The second kappa shape index (κ2) is 18.5. The Kier molecular flexibility index (Phi) is 14.5. The van der Waals surface area contributed by atoms with Crippen molar-refractivity contribution in [1.29, 1.82) is 0 Å². The van der Waals surface area contributed by atoms with E-state index in [1.54, 1.807) is 7.05 Å². The summed E-state index contributed by atoms with van der Waals surface area (Å²) in [4.78, 5) is 26.4. The fourth-order valence-electron chi connectivity index (χ4n) is 6.56. The maximum atomic E-state index is 13.6. The molecule has 0 unspecified atom stereocenters. The lowest BCUT2D eigenvalue weighted by atomic mass is 9.76. The smallest absolute Gasteiger partial charge is 0.278 e. The van der Waals surface area contributed by atoms with Crippen molar-refractivity contribution in [2.45, 2.75) is 88.6 Å². The highest BCUT2D eigenvalue weighted by Crippen LogP contribution is 2.44. The third kappa shape index (κ3) is 10.6. The molecule has 0 saturated heterocycles. The van der Waals surface area contributed by atoms with Crippen LogP contribution in [0.1, 0.15) is 37.3 Å². The van der Waals surface area contributed by atoms with Crippen LogP contribution in [0.2, 0.25) is 51.4 Å². The Morgan fingerprint density at radius 1 is 0.963 bits per heavy atom. The van der Waals surface area contributed by atoms with Gasteiger partial charge in [-0.1, -0.05) is 57.5 Å². The summed E-state index contributed by atoms with van der Waals surface area (Å²) in [6.45, 7) is 16.1. The largest absolute Gasteiger partial charge is 0.394 e. The van der Waals surface area contributed by atoms with Crippen LogP contribution in [0.25, 0.3) is 22.5 Å². The second-order valence-electron chi connectivity index (χ2n) is 16.5. The first-order valence-corrected chi connectivity index (χ1v) is 27.3. The molecule has 1 amide bonds. The average Bonchev–Trinajstić information content (AvgIpc) is 3.80. The topological polar surface area (TPSA) is 129 Å². The average molecular weight is 892 g/mol. The van der Waals surface area contributed by atoms with Gasteiger partial charge in [0.15, 0.2) is 11.5 Å². The Bertz CT molecular complexity index is 1800. The molecule has 54 heavy (non-hydrogen) atoms. The molecular formula is C38H58IN7O6Si2. The monoisotopic (exact) mass is 891 g/mol. The van der Waals surface area contributed by atoms with Gasteiger partial charge in [-0.3, -0.25) is 9.63 Å². The van der Waals surface area contributed by atoms with Crippen LogP contribution in [0, 0.1) is 3.57 Å². The van der Waals surface area contributed by atoms with Gasteiger partial charge in [0.05, 0.1) is 47.7 Å². The lowest BCUT2D eigenvalue weighted by molar-refractivity contribution is -0.199. The summed E-state index contributed by atoms with van der Waals surface area (Å²) in [5, 5.41) is 20.5. The summed E-state index contributed by atoms with van der Waals surface area (Å²) < 4.78 is 23.7. The molecule has 13 nitrogen and oxygen atoms in total. The van der Waals surface area contributed by atoms with Crippen LogP contribution in [-0.4, -0.2) is 116 Å². The van der Waals surface area contributed by atoms with Crippen LogP contribution in [0.5, 0.6) is 0 Å². The van der Waals surface area contributed by atoms with Gasteiger partial charge in [-0.25, -0.2) is 14.7 Å². The summed E-state index contributed by atoms with van der Waals surface area (Å²) in [6.07, 6.45) is 7.95. The SMILES string of the molecule is CON(C)C(=O)C1(OCCO)CCC(c2nc3c(-c4cnn(-c5ccccc5)c4)cnn3c(N(COCC[Si](C)(C)C)COCC[Si](C)(C)C)c2I)CC1. The van der Waals surface area contributed by atoms with E-state index in [2.05, 4.69) is 71.9 Å². The fraction of sp³-hybridized carbons (Fsp3) is 0.579. The zero-order valence-electron chi connectivity index (χ0n) is 33.2. The molecule has 1 saturated carbocycles. The first kappa shape index (κ1) is 42.4. The number of fused-ring (bicyclic) bond motifs is 1. The van der Waals surface area contributed by atoms with Crippen molar-refractivity contribution in [3.8, 4) is 16.8 Å². The van der Waals surface area contributed by atoms with Gasteiger partial charge in [-0.2, -0.15) is 14.7 Å². The molecule has 0 spiro atoms. The van der Waals surface area contributed by atoms with Gasteiger partial charge in [0.1, 0.15) is 19.1 Å². The van der Waals surface area contributed by atoms with Crippen molar-refractivity contribution in [2.24, 2.45) is 0 Å². The second-order valence-corrected chi connectivity index (χ2v) is 28.8. The Balaban J connectivity index is 1.57. The number of para-hydroxylation sites is 1. The van der Waals surface area contributed by atoms with Gasteiger partial charge >= 0.3 is 0 Å². The van der Waals surface area contributed by atoms with Gasteiger partial charge in [0.2, 0.25) is 0 Å². The van der Waals surface area contributed by atoms with Crippen molar-refractivity contribution >= 4 is 56.1 Å². The Morgan fingerprint density at radius 3 is 2.17 bits per heavy atom. The third-order valence-electron chi connectivity index (χ3n) is 9.89. The number of hydrogen-bond acceptors (Lipinski definition) is 10. The van der Waals surface area contributed by atoms with Gasteiger partial charge in [-0.15, -0.1) is 0 Å². The van der Waals surface area contributed by atoms with E-state index in [4.69, 9.17) is 29.1 Å². The van der Waals surface area contributed by atoms with E-state index in [1.807, 2.05) is 58.1 Å². The zero-order valence-corrected chi connectivity index (χ0v) is 37.3. The maximum Gasteiger partial charge on any atom is 0.278 e. The van der Waals surface area contributed by atoms with Gasteiger partial charge in [0.25, 0.3) is 5.91 Å². The van der Waals surface area contributed by atoms with Crippen molar-refractivity contribution in [3.63, 3.8) is 0 Å². The summed E-state index contributed by atoms with van der Waals surface area (Å²) in [6, 6.07) is 12.1. The predicted molar refractivity (Wildman–Crippen MR) is 225 cm³/mol. The number of carbonyl (C=O) groups is 1. The highest BCUT2D eigenvalue weighted by atomic mass is 127. The molecular weight excluding hydrogens is 834 g/mol. The Hall–Kier alpha value is -2.72. The first-order valence-electron chi connectivity index (χ1n) is 18.8. The van der Waals surface area contributed by atoms with Crippen LogP contribution in [0.3, 0.4) is 0 Å². The van der Waals surface area contributed by atoms with Crippen molar-refractivity contribution in [2.75, 3.05) is 58.9 Å². The molecule has 0 bridgehead atoms. The lowest BCUT2D eigenvalue weighted by Crippen LogP contribution is -2.51. The molecule has 1 N–H and O–H groups in total. The Morgan fingerprint density at radius 2 is 1.59 bits per heavy atom. The summed E-state index contributed by atoms with van der Waals surface area (Å²) in [5.41, 5.74) is 3.29. The van der Waals surface area contributed by atoms with Crippen molar-refractivity contribution < 1.29 is 28.9 Å². The fourth-order valence-corrected chi connectivity index (χ4v) is 9.20. The number of amides is 1. The minimum absolute atomic E-state index is 0.0319. The quantitative estimate of drug-likeness (QED) is 0.0344. The van der Waals surface area contributed by atoms with Crippen LogP contribution in [0.15, 0.2) is 48.9 Å². The molecule has 16 heteroatoms. The molecule has 1 aliphatic carbocycles. The van der Waals surface area contributed by atoms with E-state index in [0.717, 1.165) is 44.0 Å². The van der Waals surface area contributed by atoms with E-state index in [1.165, 1.54) is 12.2 Å². The normalized spacial score (nSPS) is 18.0. The Labute approximate surface area is 335 Å². The van der Waals surface area contributed by atoms with E-state index in [-0.39, 0.29) is 25.0 Å². The van der Waals surface area contributed by atoms with E-state index < -0.39 is 21.7 Å². The number of hydrogen-bond donors (Lipinski definition) is 1. The van der Waals surface area contributed by atoms with Crippen molar-refractivity contribution in [3.05, 3.63) is 58.2 Å². The highest BCUT2D eigenvalue weighted by Gasteiger charge is 2.46. The van der Waals surface area contributed by atoms with E-state index in [0.29, 0.717) is 58.0 Å². The van der Waals surface area contributed by atoms with Crippen molar-refractivity contribution in [1.82, 2.24) is 29.4 Å². The molecule has 0 radical (unpaired) electrons. The predicted octanol–water partition coefficient (Wildman–Crippen LogP) is 7.04. The maximum absolute atomic E-state index is 13.6. The van der Waals surface area contributed by atoms with Crippen LogP contribution in [-0.2, 0) is 23.8 Å². The zero-order chi connectivity index (χ0) is 39.1. The van der Waals surface area contributed by atoms with Crippen LogP contribution >= 0.6 is 22.6 Å². The number of aromatic nitrogens is 5. The van der Waals surface area contributed by atoms with Crippen LogP contribution < -0.4 is 4.90 Å². The number of halogens is 1. The van der Waals surface area contributed by atoms with E-state index in [9.17, 15) is 9.90 Å². The molecule has 0 aliphatic heterocycles. The van der Waals surface area contributed by atoms with Crippen LogP contribution in [0.4, 0.5) is 5.82 Å². The van der Waals surface area contributed by atoms with E-state index >= 15 is 0 Å². The number of likely N-dealkylation sites (N-methyl/N-ethyl adjacent to an activating group) is 1. The minimum Gasteiger partial charge on any atom is -0.394 e. The summed E-state index contributed by atoms with van der Waals surface area (Å²) in [5.74, 6) is 0.646. The van der Waals surface area contributed by atoms with Gasteiger partial charge in [-0.05, 0) is 72.5 Å². The van der Waals surface area contributed by atoms with Gasteiger partial charge in [0, 0.05) is 59.7 Å². The number of rotatable bonds is 19. The number of aliphatic hydroxyl groups is 1. The summed E-state index contributed by atoms with van der Waals surface area (Å²) >= 11 is 2.41. The first-order chi connectivity index (χ1) is 25.7. The number of hydroxylamine groups is 2. The third-order valence-corrected chi connectivity index (χ3v) is 14.3. The number of nitrogens with zero attached hydrogens (tertiary/aromatic N) is 7. The standard InChI is InChI=1S/C38H58IN7O6Si2/c1-43(49-2)37(48)38(52-19-18-47)16-14-29(15-17-38)34-33(39)36(44(27-50-20-22-53(3,4)5)28-51-21-23-54(6,7)8)46-35(42-34)32(25-41-46)30-24-40-45(26-30)31-12-10-9-11-13-31/h9-13,24-26,29,47H,14-23,27-28H2,1-8H3. The molecule has 296 valence electrons. The number of ether oxygens (including phenoxy) is 3. The molecule has 5 rings (SSSR count). The molecule has 3 aromatic heterocycles. The molecule has 0 atom stereocenters. The highest BCUT2D eigenvalue weighted by molar-refractivity contribution is 14.1.